The van der Waals surface area contributed by atoms with Crippen LogP contribution in [-0.2, 0) is 19.1 Å². The van der Waals surface area contributed by atoms with Crippen LogP contribution in [0.4, 0.5) is 0 Å². The van der Waals surface area contributed by atoms with Crippen molar-refractivity contribution in [2.75, 3.05) is 13.2 Å². The zero-order chi connectivity index (χ0) is 28.5. The average molecular weight is 515 g/mol. The molecule has 0 aromatic carbocycles. The number of ether oxygens (including phenoxy) is 2. The van der Waals surface area contributed by atoms with Crippen LogP contribution < -0.4 is 5.82 Å². The smallest absolute Gasteiger partial charge is 0.462 e. The highest BCUT2D eigenvalue weighted by Gasteiger charge is 2.07. The Morgan fingerprint density at radius 3 is 1.19 bits per heavy atom. The molecule has 1 aromatic heterocycles. The first-order valence-electron chi connectivity index (χ1n) is 13.4. The van der Waals surface area contributed by atoms with Crippen molar-refractivity contribution >= 4 is 11.6 Å². The molecule has 1 saturated heterocycles. The third kappa shape index (κ3) is 45.0. The van der Waals surface area contributed by atoms with E-state index >= 15 is 0 Å². The second-order valence-corrected chi connectivity index (χ2v) is 7.81. The highest BCUT2D eigenvalue weighted by atomic mass is 16.7. The van der Waals surface area contributed by atoms with Crippen LogP contribution in [-0.4, -0.2) is 24.8 Å². The topological polar surface area (TPSA) is 96.0 Å². The minimum absolute atomic E-state index is 0.273. The third-order valence-electron chi connectivity index (χ3n) is 3.02. The summed E-state index contributed by atoms with van der Waals surface area (Å²) >= 11 is 0. The van der Waals surface area contributed by atoms with Gasteiger partial charge in [0.25, 0.3) is 5.95 Å². The quantitative estimate of drug-likeness (QED) is 0.342. The third-order valence-corrected chi connectivity index (χ3v) is 3.02. The standard InChI is InChI=1S/C5H8O.C5H6O.C4H6O2.C3H2O3.4C3H8/c2*6-5-3-1-2-4-5;1-4-5-2-3-6-4;4-3-5-1-2-6-3;4*1-3-2/h1-4H2;1,3H,2,4H2;1-3H2;1-2H;4*3H2,1-2H3. The Balaban J connectivity index is -0.000000167. The molecule has 36 heavy (non-hydrogen) atoms. The molecule has 0 atom stereocenters. The molecule has 0 amide bonds. The number of hydrogen-bond donors (Lipinski definition) is 0. The number of allylic oxidation sites excluding steroid dienone is 2. The Hall–Kier alpha value is -2.57. The maximum absolute atomic E-state index is 10.2. The lowest BCUT2D eigenvalue weighted by atomic mass is 10.3. The summed E-state index contributed by atoms with van der Waals surface area (Å²) in [6.07, 6.45) is 16.6. The molecule has 1 aromatic rings. The molecule has 3 aliphatic rings. The van der Waals surface area contributed by atoms with Crippen molar-refractivity contribution in [3.63, 3.8) is 0 Å². The first-order chi connectivity index (χ1) is 17.2. The molecule has 1 saturated carbocycles. The van der Waals surface area contributed by atoms with Gasteiger partial charge in [-0.15, -0.1) is 0 Å². The van der Waals surface area contributed by atoms with Crippen molar-refractivity contribution in [3.8, 4) is 0 Å². The Morgan fingerprint density at radius 1 is 0.694 bits per heavy atom. The number of carbonyl (C=O) groups excluding carboxylic acids is 2. The van der Waals surface area contributed by atoms with Gasteiger partial charge in [0.05, 0.1) is 0 Å². The summed E-state index contributed by atoms with van der Waals surface area (Å²) in [5.41, 5.74) is 0. The molecule has 7 nitrogen and oxygen atoms in total. The van der Waals surface area contributed by atoms with Crippen LogP contribution in [0.3, 0.4) is 0 Å². The van der Waals surface area contributed by atoms with Crippen molar-refractivity contribution in [2.24, 2.45) is 0 Å². The van der Waals surface area contributed by atoms with Gasteiger partial charge in [0.1, 0.15) is 31.5 Å². The van der Waals surface area contributed by atoms with Gasteiger partial charge in [-0.25, -0.2) is 4.79 Å². The lowest BCUT2D eigenvalue weighted by Crippen LogP contribution is -1.83. The fourth-order valence-corrected chi connectivity index (χ4v) is 1.84. The fraction of sp³-hybridized carbons (Fsp3) is 0.690. The molecule has 0 N–H and O–H groups in total. The van der Waals surface area contributed by atoms with Gasteiger partial charge in [0, 0.05) is 19.3 Å². The SMILES string of the molecule is C=C1OCCO1.CCC.CCC.CCC.CCC.O=C1C=CCC1.O=C1CCCC1.O=c1occo1. The highest BCUT2D eigenvalue weighted by Crippen LogP contribution is 2.11. The van der Waals surface area contributed by atoms with Gasteiger partial charge in [0.2, 0.25) is 0 Å². The molecule has 0 unspecified atom stereocenters. The lowest BCUT2D eigenvalue weighted by molar-refractivity contribution is -0.117. The minimum atomic E-state index is -0.657. The van der Waals surface area contributed by atoms with E-state index in [1.54, 1.807) is 6.08 Å². The zero-order valence-electron chi connectivity index (χ0n) is 24.4. The summed E-state index contributed by atoms with van der Waals surface area (Å²) in [5.74, 6) is 0.523. The second-order valence-electron chi connectivity index (χ2n) is 7.81. The number of carbonyl (C=O) groups is 2. The van der Waals surface area contributed by atoms with Crippen LogP contribution in [0.25, 0.3) is 0 Å². The van der Waals surface area contributed by atoms with Crippen molar-refractivity contribution in [1.29, 1.82) is 0 Å². The van der Waals surface area contributed by atoms with Gasteiger partial charge in [-0.1, -0.05) is 87.1 Å². The normalized spacial score (nSPS) is 13.7. The monoisotopic (exact) mass is 514 g/mol. The van der Waals surface area contributed by atoms with Crippen molar-refractivity contribution in [1.82, 2.24) is 0 Å². The number of ketones is 2. The highest BCUT2D eigenvalue weighted by molar-refractivity contribution is 5.91. The average Bonchev–Trinajstić information content (AvgIpc) is 3.64. The van der Waals surface area contributed by atoms with Crippen molar-refractivity contribution < 1.29 is 27.9 Å². The van der Waals surface area contributed by atoms with Gasteiger partial charge in [-0.05, 0) is 31.9 Å². The summed E-state index contributed by atoms with van der Waals surface area (Å²) < 4.78 is 17.7. The van der Waals surface area contributed by atoms with Crippen LogP contribution in [0.15, 0.2) is 50.8 Å². The minimum Gasteiger partial charge on any atom is -0.462 e. The van der Waals surface area contributed by atoms with E-state index in [1.165, 1.54) is 38.2 Å². The van der Waals surface area contributed by atoms with E-state index in [0.29, 0.717) is 24.9 Å². The Labute approximate surface area is 220 Å². The Morgan fingerprint density at radius 2 is 1.08 bits per heavy atom. The summed E-state index contributed by atoms with van der Waals surface area (Å²) in [4.78, 5) is 30.1. The first-order valence-corrected chi connectivity index (χ1v) is 13.4. The van der Waals surface area contributed by atoms with E-state index in [4.69, 9.17) is 9.47 Å². The Kier molecular flexibility index (Phi) is 41.7. The lowest BCUT2D eigenvalue weighted by Gasteiger charge is -1.87. The number of rotatable bonds is 0. The molecule has 7 heteroatoms. The second kappa shape index (κ2) is 37.0. The molecular weight excluding hydrogens is 460 g/mol. The van der Waals surface area contributed by atoms with E-state index in [2.05, 4.69) is 70.8 Å². The predicted molar refractivity (Wildman–Crippen MR) is 149 cm³/mol. The van der Waals surface area contributed by atoms with E-state index < -0.39 is 5.82 Å². The predicted octanol–water partition coefficient (Wildman–Crippen LogP) is 8.44. The van der Waals surface area contributed by atoms with Gasteiger partial charge < -0.3 is 18.3 Å². The van der Waals surface area contributed by atoms with Gasteiger partial charge in [-0.3, -0.25) is 9.59 Å². The number of Topliss-reactive ketones (excluding diaryl/α,β-unsaturated/α-hetero) is 1. The van der Waals surface area contributed by atoms with Crippen molar-refractivity contribution in [2.45, 2.75) is 120 Å². The van der Waals surface area contributed by atoms with Crippen LogP contribution in [0.5, 0.6) is 0 Å². The van der Waals surface area contributed by atoms with E-state index in [1.807, 2.05) is 6.08 Å². The summed E-state index contributed by atoms with van der Waals surface area (Å²) in [6.45, 7) is 21.7. The molecule has 1 aliphatic heterocycles. The summed E-state index contributed by atoms with van der Waals surface area (Å²) in [6, 6.07) is 0. The number of hydrogen-bond acceptors (Lipinski definition) is 7. The summed E-state index contributed by atoms with van der Waals surface area (Å²) in [5, 5.41) is 0. The van der Waals surface area contributed by atoms with Gasteiger partial charge in [-0.2, -0.15) is 0 Å². The molecular formula is C29H54O7. The molecule has 0 radical (unpaired) electrons. The van der Waals surface area contributed by atoms with Crippen molar-refractivity contribution in [3.05, 3.63) is 47.8 Å². The molecule has 2 aliphatic carbocycles. The van der Waals surface area contributed by atoms with E-state index in [9.17, 15) is 14.4 Å². The molecule has 2 heterocycles. The van der Waals surface area contributed by atoms with Gasteiger partial charge >= 0.3 is 5.82 Å². The Bertz CT molecular complexity index is 596. The molecule has 4 rings (SSSR count). The van der Waals surface area contributed by atoms with Crippen LogP contribution in [0.2, 0.25) is 0 Å². The molecule has 2 fully saturated rings. The maximum atomic E-state index is 10.2. The largest absolute Gasteiger partial charge is 0.518 e. The zero-order valence-corrected chi connectivity index (χ0v) is 24.4. The van der Waals surface area contributed by atoms with E-state index in [0.717, 1.165) is 38.5 Å². The van der Waals surface area contributed by atoms with Crippen LogP contribution in [0, 0.1) is 0 Å². The van der Waals surface area contributed by atoms with Gasteiger partial charge in [0.15, 0.2) is 5.78 Å². The maximum Gasteiger partial charge on any atom is 0.518 e. The van der Waals surface area contributed by atoms with E-state index in [-0.39, 0.29) is 5.78 Å². The van der Waals surface area contributed by atoms with Crippen LogP contribution in [0.1, 0.15) is 120 Å². The van der Waals surface area contributed by atoms with Crippen LogP contribution >= 0.6 is 0 Å². The molecule has 0 bridgehead atoms. The summed E-state index contributed by atoms with van der Waals surface area (Å²) in [7, 11) is 0. The first kappa shape index (κ1) is 40.6. The molecule has 0 spiro atoms. The molecule has 212 valence electrons. The fourth-order valence-electron chi connectivity index (χ4n) is 1.84.